The molecule has 1 saturated heterocycles. The van der Waals surface area contributed by atoms with Gasteiger partial charge in [-0.3, -0.25) is 9.29 Å². The smallest absolute Gasteiger partial charge is 0.408 e. The van der Waals surface area contributed by atoms with Crippen LogP contribution >= 0.6 is 0 Å². The van der Waals surface area contributed by atoms with Crippen molar-refractivity contribution in [2.45, 2.75) is 23.8 Å². The van der Waals surface area contributed by atoms with Crippen LogP contribution < -0.4 is 15.4 Å². The van der Waals surface area contributed by atoms with Crippen LogP contribution in [0.25, 0.3) is 11.1 Å². The molecule has 29 heavy (non-hydrogen) atoms. The number of ether oxygens (including phenoxy) is 1. The van der Waals surface area contributed by atoms with Crippen LogP contribution in [-0.4, -0.2) is 39.3 Å². The van der Waals surface area contributed by atoms with Crippen LogP contribution in [-0.2, 0) is 21.8 Å². The van der Waals surface area contributed by atoms with Crippen LogP contribution in [0, 0.1) is 0 Å². The van der Waals surface area contributed by atoms with Gasteiger partial charge in [0.1, 0.15) is 0 Å². The Morgan fingerprint density at radius 1 is 1.17 bits per heavy atom. The van der Waals surface area contributed by atoms with Crippen LogP contribution in [0.4, 0.5) is 11.4 Å². The fraction of sp³-hybridized carbons (Fsp3) is 0.350. The zero-order valence-electron chi connectivity index (χ0n) is 16.3. The number of methoxy groups -OCH3 is 1. The van der Waals surface area contributed by atoms with Gasteiger partial charge in [-0.1, -0.05) is 0 Å². The number of piperidine rings is 1. The number of hydrogen-bond acceptors (Lipinski definition) is 6. The molecule has 1 atom stereocenters. The number of nitrogens with one attached hydrogen (secondary N) is 1. The van der Waals surface area contributed by atoms with Gasteiger partial charge in [-0.05, 0) is 55.3 Å². The van der Waals surface area contributed by atoms with E-state index in [4.69, 9.17) is 9.15 Å². The molecule has 1 unspecified atom stereocenters. The molecule has 0 saturated carbocycles. The Morgan fingerprint density at radius 2 is 1.93 bits per heavy atom. The number of hydrogen-bond donors (Lipinski definition) is 1. The van der Waals surface area contributed by atoms with Crippen molar-refractivity contribution >= 4 is 32.5 Å². The zero-order chi connectivity index (χ0) is 20.6. The van der Waals surface area contributed by atoms with E-state index in [1.165, 1.54) is 29.8 Å². The summed E-state index contributed by atoms with van der Waals surface area (Å²) in [5.41, 5.74) is 2.27. The van der Waals surface area contributed by atoms with E-state index in [9.17, 15) is 13.2 Å². The fourth-order valence-electron chi connectivity index (χ4n) is 3.59. The summed E-state index contributed by atoms with van der Waals surface area (Å²) in [4.78, 5) is 13.9. The first kappa shape index (κ1) is 19.5. The molecular formula is C20H23N3O5S. The molecule has 0 amide bonds. The summed E-state index contributed by atoms with van der Waals surface area (Å²) in [5.74, 6) is -0.536. The summed E-state index contributed by atoms with van der Waals surface area (Å²) in [6.45, 7) is 1.78. The number of sulfonamides is 1. The lowest BCUT2D eigenvalue weighted by Crippen LogP contribution is -2.39. The molecule has 3 aromatic rings. The standard InChI is InChI=1S/C20H23N3O5S/c1-22-18-12-17(9-10-19(18)28-20(22)24)29(25,26)21-14-5-7-15(8-6-14)23-11-3-4-16(13-23)27-2/h5-10,12,16,21H,3-4,11,13H2,1-2H3. The molecule has 0 radical (unpaired) electrons. The number of anilines is 2. The molecule has 4 rings (SSSR count). The zero-order valence-corrected chi connectivity index (χ0v) is 17.1. The lowest BCUT2D eigenvalue weighted by atomic mass is 10.1. The molecule has 154 valence electrons. The second-order valence-electron chi connectivity index (χ2n) is 7.15. The highest BCUT2D eigenvalue weighted by Gasteiger charge is 2.20. The Hall–Kier alpha value is -2.78. The molecule has 1 N–H and O–H groups in total. The van der Waals surface area contributed by atoms with Gasteiger partial charge >= 0.3 is 5.76 Å². The molecule has 1 aliphatic rings. The van der Waals surface area contributed by atoms with Gasteiger partial charge in [0, 0.05) is 38.6 Å². The molecule has 1 fully saturated rings. The van der Waals surface area contributed by atoms with Crippen molar-refractivity contribution < 1.29 is 17.6 Å². The Bertz CT molecular complexity index is 1180. The van der Waals surface area contributed by atoms with Gasteiger partial charge < -0.3 is 14.1 Å². The van der Waals surface area contributed by atoms with Gasteiger partial charge in [0.25, 0.3) is 10.0 Å². The van der Waals surface area contributed by atoms with Crippen molar-refractivity contribution in [1.82, 2.24) is 4.57 Å². The summed E-state index contributed by atoms with van der Waals surface area (Å²) in [5, 5.41) is 0. The molecule has 9 heteroatoms. The molecular weight excluding hydrogens is 394 g/mol. The van der Waals surface area contributed by atoms with E-state index in [1.807, 2.05) is 12.1 Å². The first-order valence-electron chi connectivity index (χ1n) is 9.37. The predicted octanol–water partition coefficient (Wildman–Crippen LogP) is 2.55. The van der Waals surface area contributed by atoms with Crippen LogP contribution in [0.15, 0.2) is 56.6 Å². The minimum Gasteiger partial charge on any atom is -0.408 e. The first-order valence-corrected chi connectivity index (χ1v) is 10.9. The van der Waals surface area contributed by atoms with E-state index in [2.05, 4.69) is 9.62 Å². The summed E-state index contributed by atoms with van der Waals surface area (Å²) in [6, 6.07) is 11.6. The lowest BCUT2D eigenvalue weighted by Gasteiger charge is -2.33. The lowest BCUT2D eigenvalue weighted by molar-refractivity contribution is 0.0893. The van der Waals surface area contributed by atoms with Crippen LogP contribution in [0.2, 0.25) is 0 Å². The molecule has 0 spiro atoms. The predicted molar refractivity (Wildman–Crippen MR) is 111 cm³/mol. The number of fused-ring (bicyclic) bond motifs is 1. The largest absolute Gasteiger partial charge is 0.419 e. The van der Waals surface area contributed by atoms with Gasteiger partial charge in [-0.25, -0.2) is 13.2 Å². The number of rotatable bonds is 5. The molecule has 0 aliphatic carbocycles. The normalized spacial score (nSPS) is 17.6. The van der Waals surface area contributed by atoms with E-state index in [0.717, 1.165) is 31.6 Å². The topological polar surface area (TPSA) is 93.8 Å². The van der Waals surface area contributed by atoms with E-state index in [-0.39, 0.29) is 11.0 Å². The van der Waals surface area contributed by atoms with Crippen LogP contribution in [0.1, 0.15) is 12.8 Å². The maximum Gasteiger partial charge on any atom is 0.419 e. The van der Waals surface area contributed by atoms with E-state index in [1.54, 1.807) is 19.2 Å². The third-order valence-corrected chi connectivity index (χ3v) is 6.65. The highest BCUT2D eigenvalue weighted by Crippen LogP contribution is 2.25. The SMILES string of the molecule is COC1CCCN(c2ccc(NS(=O)(=O)c3ccc4oc(=O)n(C)c4c3)cc2)C1. The maximum absolute atomic E-state index is 12.8. The fourth-order valence-corrected chi connectivity index (χ4v) is 4.67. The van der Waals surface area contributed by atoms with Crippen molar-refractivity contribution in [3.63, 3.8) is 0 Å². The van der Waals surface area contributed by atoms with Crippen molar-refractivity contribution in [3.05, 3.63) is 53.0 Å². The van der Waals surface area contributed by atoms with Gasteiger partial charge in [0.15, 0.2) is 5.58 Å². The highest BCUT2D eigenvalue weighted by molar-refractivity contribution is 7.92. The van der Waals surface area contributed by atoms with Gasteiger partial charge in [-0.2, -0.15) is 0 Å². The molecule has 2 aromatic carbocycles. The molecule has 8 nitrogen and oxygen atoms in total. The Morgan fingerprint density at radius 3 is 2.66 bits per heavy atom. The second kappa shape index (κ2) is 7.57. The Labute approximate surface area is 168 Å². The van der Waals surface area contributed by atoms with Crippen molar-refractivity contribution in [3.8, 4) is 0 Å². The Kier molecular flexibility index (Phi) is 5.10. The minimum atomic E-state index is -3.80. The number of aromatic nitrogens is 1. The molecule has 0 bridgehead atoms. The third-order valence-electron chi connectivity index (χ3n) is 5.27. The number of nitrogens with zero attached hydrogens (tertiary/aromatic N) is 2. The van der Waals surface area contributed by atoms with Gasteiger partial charge in [-0.15, -0.1) is 0 Å². The Balaban J connectivity index is 1.54. The average molecular weight is 417 g/mol. The summed E-state index contributed by atoms with van der Waals surface area (Å²) in [6.07, 6.45) is 2.33. The first-order chi connectivity index (χ1) is 13.9. The van der Waals surface area contributed by atoms with E-state index in [0.29, 0.717) is 16.8 Å². The monoisotopic (exact) mass is 417 g/mol. The maximum atomic E-state index is 12.8. The minimum absolute atomic E-state index is 0.0597. The van der Waals surface area contributed by atoms with E-state index >= 15 is 0 Å². The van der Waals surface area contributed by atoms with Crippen molar-refractivity contribution in [2.75, 3.05) is 29.8 Å². The number of benzene rings is 2. The van der Waals surface area contributed by atoms with Crippen molar-refractivity contribution in [1.29, 1.82) is 0 Å². The van der Waals surface area contributed by atoms with Crippen LogP contribution in [0.5, 0.6) is 0 Å². The van der Waals surface area contributed by atoms with Crippen molar-refractivity contribution in [2.24, 2.45) is 7.05 Å². The van der Waals surface area contributed by atoms with Gasteiger partial charge in [0.05, 0.1) is 16.5 Å². The van der Waals surface area contributed by atoms with E-state index < -0.39 is 15.8 Å². The third kappa shape index (κ3) is 3.88. The summed E-state index contributed by atoms with van der Waals surface area (Å²) >= 11 is 0. The molecule has 1 aromatic heterocycles. The summed E-state index contributed by atoms with van der Waals surface area (Å²) in [7, 11) is -0.543. The summed E-state index contributed by atoms with van der Waals surface area (Å²) < 4.78 is 39.9. The average Bonchev–Trinajstić information content (AvgIpc) is 3.01. The number of oxazole rings is 1. The number of aryl methyl sites for hydroxylation is 1. The van der Waals surface area contributed by atoms with Gasteiger partial charge in [0.2, 0.25) is 0 Å². The second-order valence-corrected chi connectivity index (χ2v) is 8.84. The molecule has 1 aliphatic heterocycles. The highest BCUT2D eigenvalue weighted by atomic mass is 32.2. The molecule has 2 heterocycles. The quantitative estimate of drug-likeness (QED) is 0.686. The van der Waals surface area contributed by atoms with Crippen LogP contribution in [0.3, 0.4) is 0 Å².